The summed E-state index contributed by atoms with van der Waals surface area (Å²) in [5.41, 5.74) is 0.256. The maximum absolute atomic E-state index is 11.9. The van der Waals surface area contributed by atoms with Gasteiger partial charge in [-0.25, -0.2) is 0 Å². The van der Waals surface area contributed by atoms with E-state index >= 15 is 0 Å². The molecular weight excluding hydrogens is 380 g/mol. The largest absolute Gasteiger partial charge is 0.309 e. The lowest BCUT2D eigenvalue weighted by molar-refractivity contribution is -0.385. The molecule has 0 N–H and O–H groups in total. The molecule has 0 saturated heterocycles. The van der Waals surface area contributed by atoms with Crippen LogP contribution in [0.1, 0.15) is 5.56 Å². The molecule has 1 heterocycles. The zero-order chi connectivity index (χ0) is 14.0. The van der Waals surface area contributed by atoms with E-state index in [-0.39, 0.29) is 17.8 Å². The third-order valence-electron chi connectivity index (χ3n) is 2.54. The summed E-state index contributed by atoms with van der Waals surface area (Å²) in [6, 6.07) is 8.01. The molecular formula is C12H8Br2N2O3. The maximum atomic E-state index is 11.9. The number of pyridine rings is 1. The smallest absolute Gasteiger partial charge is 0.274 e. The van der Waals surface area contributed by atoms with Crippen molar-refractivity contribution in [2.75, 3.05) is 0 Å². The number of rotatable bonds is 3. The fourth-order valence-corrected chi connectivity index (χ4v) is 2.95. The minimum Gasteiger partial charge on any atom is -0.309 e. The van der Waals surface area contributed by atoms with Crippen molar-refractivity contribution >= 4 is 37.5 Å². The first-order valence-corrected chi connectivity index (χ1v) is 6.85. The van der Waals surface area contributed by atoms with E-state index in [2.05, 4.69) is 31.9 Å². The van der Waals surface area contributed by atoms with Crippen LogP contribution < -0.4 is 5.56 Å². The molecule has 5 nitrogen and oxygen atoms in total. The van der Waals surface area contributed by atoms with E-state index in [1.54, 1.807) is 30.5 Å². The molecule has 7 heteroatoms. The van der Waals surface area contributed by atoms with Crippen LogP contribution in [0.3, 0.4) is 0 Å². The van der Waals surface area contributed by atoms with Crippen molar-refractivity contribution in [1.82, 2.24) is 4.57 Å². The Balaban J connectivity index is 2.48. The number of nitrogens with zero attached hydrogens (tertiary/aromatic N) is 2. The van der Waals surface area contributed by atoms with Crippen LogP contribution in [-0.4, -0.2) is 9.49 Å². The summed E-state index contributed by atoms with van der Waals surface area (Å²) in [6.07, 6.45) is 1.60. The number of nitro benzene ring substituents is 1. The molecule has 2 aromatic rings. The van der Waals surface area contributed by atoms with Gasteiger partial charge in [0.2, 0.25) is 0 Å². The minimum atomic E-state index is -0.451. The summed E-state index contributed by atoms with van der Waals surface area (Å²) in [7, 11) is 0. The van der Waals surface area contributed by atoms with E-state index in [0.29, 0.717) is 10.0 Å². The van der Waals surface area contributed by atoms with Gasteiger partial charge in [-0.05, 0) is 37.9 Å². The van der Waals surface area contributed by atoms with Gasteiger partial charge in [0, 0.05) is 22.3 Å². The fraction of sp³-hybridized carbons (Fsp3) is 0.0833. The molecule has 0 aliphatic heterocycles. The predicted molar refractivity (Wildman–Crippen MR) is 78.3 cm³/mol. The average molecular weight is 388 g/mol. The molecule has 98 valence electrons. The molecule has 0 spiro atoms. The van der Waals surface area contributed by atoms with E-state index in [4.69, 9.17) is 0 Å². The van der Waals surface area contributed by atoms with Gasteiger partial charge in [-0.3, -0.25) is 14.9 Å². The van der Waals surface area contributed by atoms with Crippen LogP contribution >= 0.6 is 31.9 Å². The summed E-state index contributed by atoms with van der Waals surface area (Å²) >= 11 is 6.44. The first kappa shape index (κ1) is 14.0. The molecule has 1 aromatic carbocycles. The van der Waals surface area contributed by atoms with Gasteiger partial charge in [0.25, 0.3) is 11.2 Å². The number of para-hydroxylation sites is 1. The Labute approximate surface area is 125 Å². The third-order valence-corrected chi connectivity index (χ3v) is 3.54. The summed E-state index contributed by atoms with van der Waals surface area (Å²) < 4.78 is 2.54. The van der Waals surface area contributed by atoms with Crippen LogP contribution in [0.4, 0.5) is 5.69 Å². The minimum absolute atomic E-state index is 0.00509. The molecule has 1 aromatic heterocycles. The number of nitro groups is 1. The summed E-state index contributed by atoms with van der Waals surface area (Å²) in [6.45, 7) is 0.147. The molecule has 2 rings (SSSR count). The highest BCUT2D eigenvalue weighted by molar-refractivity contribution is 9.11. The summed E-state index contributed by atoms with van der Waals surface area (Å²) in [5.74, 6) is 0. The van der Waals surface area contributed by atoms with E-state index in [0.717, 1.165) is 4.47 Å². The maximum Gasteiger partial charge on any atom is 0.274 e. The second-order valence-corrected chi connectivity index (χ2v) is 5.60. The van der Waals surface area contributed by atoms with Gasteiger partial charge in [0.15, 0.2) is 0 Å². The molecule has 0 aliphatic rings. The van der Waals surface area contributed by atoms with Gasteiger partial charge in [-0.1, -0.05) is 18.2 Å². The van der Waals surface area contributed by atoms with Crippen molar-refractivity contribution in [3.05, 3.63) is 71.5 Å². The molecule has 0 fully saturated rings. The van der Waals surface area contributed by atoms with Crippen molar-refractivity contribution in [2.24, 2.45) is 0 Å². The molecule has 0 atom stereocenters. The predicted octanol–water partition coefficient (Wildman–Crippen LogP) is 3.33. The molecule has 0 amide bonds. The van der Waals surface area contributed by atoms with E-state index in [1.807, 2.05) is 0 Å². The third kappa shape index (κ3) is 3.10. The molecule has 19 heavy (non-hydrogen) atoms. The number of hydrogen-bond acceptors (Lipinski definition) is 3. The van der Waals surface area contributed by atoms with Crippen molar-refractivity contribution in [3.63, 3.8) is 0 Å². The van der Waals surface area contributed by atoms with Gasteiger partial charge in [0.1, 0.15) is 0 Å². The fourth-order valence-electron chi connectivity index (χ4n) is 1.69. The van der Waals surface area contributed by atoms with Gasteiger partial charge >= 0.3 is 0 Å². The lowest BCUT2D eigenvalue weighted by Crippen LogP contribution is -2.21. The number of hydrogen-bond donors (Lipinski definition) is 0. The van der Waals surface area contributed by atoms with Crippen LogP contribution in [-0.2, 0) is 6.54 Å². The molecule has 0 radical (unpaired) electrons. The zero-order valence-electron chi connectivity index (χ0n) is 9.55. The van der Waals surface area contributed by atoms with Gasteiger partial charge in [-0.15, -0.1) is 0 Å². The van der Waals surface area contributed by atoms with E-state index in [9.17, 15) is 14.9 Å². The summed E-state index contributed by atoms with van der Waals surface area (Å²) in [5, 5.41) is 10.9. The quantitative estimate of drug-likeness (QED) is 0.599. The number of halogens is 2. The highest BCUT2D eigenvalue weighted by atomic mass is 79.9. The Hall–Kier alpha value is -1.47. The molecule has 0 bridgehead atoms. The summed E-state index contributed by atoms with van der Waals surface area (Å²) in [4.78, 5) is 22.4. The van der Waals surface area contributed by atoms with Crippen LogP contribution in [0.2, 0.25) is 0 Å². The highest BCUT2D eigenvalue weighted by Gasteiger charge is 2.13. The standard InChI is InChI=1S/C12H8Br2N2O3/c13-9-5-10(14)12(17)15(7-9)6-8-3-1-2-4-11(8)16(18)19/h1-5,7H,6H2. The van der Waals surface area contributed by atoms with Crippen molar-refractivity contribution in [1.29, 1.82) is 0 Å². The van der Waals surface area contributed by atoms with Crippen LogP contribution in [0, 0.1) is 10.1 Å². The Morgan fingerprint density at radius 1 is 1.26 bits per heavy atom. The Kier molecular flexibility index (Phi) is 4.16. The first-order chi connectivity index (χ1) is 8.99. The monoisotopic (exact) mass is 386 g/mol. The van der Waals surface area contributed by atoms with E-state index in [1.165, 1.54) is 10.6 Å². The number of aromatic nitrogens is 1. The van der Waals surface area contributed by atoms with Crippen LogP contribution in [0.5, 0.6) is 0 Å². The lowest BCUT2D eigenvalue weighted by atomic mass is 10.2. The van der Waals surface area contributed by atoms with Crippen LogP contribution in [0.25, 0.3) is 0 Å². The Morgan fingerprint density at radius 3 is 2.63 bits per heavy atom. The Morgan fingerprint density at radius 2 is 1.95 bits per heavy atom. The second-order valence-electron chi connectivity index (χ2n) is 3.83. The van der Waals surface area contributed by atoms with Crippen molar-refractivity contribution < 1.29 is 4.92 Å². The number of benzene rings is 1. The highest BCUT2D eigenvalue weighted by Crippen LogP contribution is 2.19. The molecule has 0 unspecified atom stereocenters. The molecule has 0 saturated carbocycles. The second kappa shape index (κ2) is 5.66. The zero-order valence-corrected chi connectivity index (χ0v) is 12.7. The Bertz CT molecular complexity index is 698. The first-order valence-electron chi connectivity index (χ1n) is 5.27. The molecule has 0 aliphatic carbocycles. The van der Waals surface area contributed by atoms with Crippen molar-refractivity contribution in [2.45, 2.75) is 6.54 Å². The topological polar surface area (TPSA) is 65.1 Å². The normalized spacial score (nSPS) is 10.4. The van der Waals surface area contributed by atoms with Gasteiger partial charge in [0.05, 0.1) is 15.9 Å². The SMILES string of the molecule is O=c1c(Br)cc(Br)cn1Cc1ccccc1[N+](=O)[O-]. The van der Waals surface area contributed by atoms with Crippen LogP contribution in [0.15, 0.2) is 50.3 Å². The van der Waals surface area contributed by atoms with Crippen molar-refractivity contribution in [3.8, 4) is 0 Å². The van der Waals surface area contributed by atoms with Gasteiger partial charge in [-0.2, -0.15) is 0 Å². The average Bonchev–Trinajstić information content (AvgIpc) is 2.35. The lowest BCUT2D eigenvalue weighted by Gasteiger charge is -2.07. The van der Waals surface area contributed by atoms with E-state index < -0.39 is 4.92 Å². The van der Waals surface area contributed by atoms with Gasteiger partial charge < -0.3 is 4.57 Å².